The van der Waals surface area contributed by atoms with E-state index in [9.17, 15) is 8.42 Å². The Morgan fingerprint density at radius 1 is 1.62 bits per heavy atom. The molecule has 0 aromatic heterocycles. The lowest BCUT2D eigenvalue weighted by atomic mass is 10.2. The molecule has 0 heterocycles. The minimum absolute atomic E-state index is 0.232. The van der Waals surface area contributed by atoms with Crippen LogP contribution in [0.4, 0.5) is 0 Å². The summed E-state index contributed by atoms with van der Waals surface area (Å²) in [6, 6.07) is 1.99. The molecule has 0 amide bonds. The van der Waals surface area contributed by atoms with Crippen molar-refractivity contribution in [1.29, 1.82) is 5.26 Å². The predicted molar refractivity (Wildman–Crippen MR) is 50.0 cm³/mol. The van der Waals surface area contributed by atoms with Crippen LogP contribution in [0.3, 0.4) is 0 Å². The van der Waals surface area contributed by atoms with Gasteiger partial charge in [-0.1, -0.05) is 6.92 Å². The van der Waals surface area contributed by atoms with Crippen LogP contribution in [0, 0.1) is 17.2 Å². The number of rotatable bonds is 5. The molecule has 1 unspecified atom stereocenters. The Kier molecular flexibility index (Phi) is 4.91. The van der Waals surface area contributed by atoms with Crippen molar-refractivity contribution in [2.45, 2.75) is 13.8 Å². The molecule has 0 aliphatic heterocycles. The highest BCUT2D eigenvalue weighted by Crippen LogP contribution is 2.02. The maximum absolute atomic E-state index is 11.3. The van der Waals surface area contributed by atoms with Crippen LogP contribution in [0.5, 0.6) is 0 Å². The lowest BCUT2D eigenvalue weighted by molar-refractivity contribution is 0.395. The second-order valence-corrected chi connectivity index (χ2v) is 4.56. The van der Waals surface area contributed by atoms with Gasteiger partial charge in [0.1, 0.15) is 0 Å². The van der Waals surface area contributed by atoms with Crippen LogP contribution in [-0.4, -0.2) is 32.9 Å². The van der Waals surface area contributed by atoms with E-state index < -0.39 is 10.2 Å². The van der Waals surface area contributed by atoms with Crippen molar-refractivity contribution in [3.05, 3.63) is 0 Å². The van der Waals surface area contributed by atoms with E-state index in [1.807, 2.05) is 6.07 Å². The Balaban J connectivity index is 4.47. The summed E-state index contributed by atoms with van der Waals surface area (Å²) in [6.45, 7) is 4.03. The summed E-state index contributed by atoms with van der Waals surface area (Å²) in [4.78, 5) is 0. The molecule has 0 saturated carbocycles. The Morgan fingerprint density at radius 2 is 2.15 bits per heavy atom. The molecule has 1 atom stereocenters. The second-order valence-electron chi connectivity index (χ2n) is 2.69. The van der Waals surface area contributed by atoms with Gasteiger partial charge in [-0.2, -0.15) is 18.0 Å². The van der Waals surface area contributed by atoms with Crippen LogP contribution >= 0.6 is 0 Å². The van der Waals surface area contributed by atoms with Gasteiger partial charge in [0.2, 0.25) is 0 Å². The molecule has 0 rings (SSSR count). The Hall–Kier alpha value is -0.640. The number of nitrogens with one attached hydrogen (secondary N) is 1. The predicted octanol–water partition coefficient (Wildman–Crippen LogP) is -0.0678. The minimum Gasteiger partial charge on any atom is -0.205 e. The molecule has 0 spiro atoms. The fourth-order valence-corrected chi connectivity index (χ4v) is 1.89. The van der Waals surface area contributed by atoms with Crippen molar-refractivity contribution in [2.75, 3.05) is 20.1 Å². The third kappa shape index (κ3) is 3.72. The van der Waals surface area contributed by atoms with Gasteiger partial charge in [-0.05, 0) is 6.92 Å². The Morgan fingerprint density at radius 3 is 2.46 bits per heavy atom. The van der Waals surface area contributed by atoms with Crippen molar-refractivity contribution in [3.63, 3.8) is 0 Å². The van der Waals surface area contributed by atoms with Crippen molar-refractivity contribution in [1.82, 2.24) is 9.03 Å². The summed E-state index contributed by atoms with van der Waals surface area (Å²) in [5.41, 5.74) is 0. The van der Waals surface area contributed by atoms with Gasteiger partial charge in [0.25, 0.3) is 10.2 Å². The van der Waals surface area contributed by atoms with Gasteiger partial charge in [0, 0.05) is 20.1 Å². The van der Waals surface area contributed by atoms with E-state index in [2.05, 4.69) is 4.72 Å². The quantitative estimate of drug-likeness (QED) is 0.683. The molecule has 0 saturated heterocycles. The molecule has 0 aromatic rings. The van der Waals surface area contributed by atoms with Crippen molar-refractivity contribution in [2.24, 2.45) is 5.92 Å². The molecule has 13 heavy (non-hydrogen) atoms. The normalized spacial score (nSPS) is 14.1. The van der Waals surface area contributed by atoms with Gasteiger partial charge in [0.15, 0.2) is 0 Å². The first-order valence-corrected chi connectivity index (χ1v) is 5.50. The zero-order chi connectivity index (χ0) is 10.5. The van der Waals surface area contributed by atoms with Crippen LogP contribution in [0.2, 0.25) is 0 Å². The van der Waals surface area contributed by atoms with E-state index in [1.54, 1.807) is 13.8 Å². The van der Waals surface area contributed by atoms with Crippen LogP contribution in [0.1, 0.15) is 13.8 Å². The van der Waals surface area contributed by atoms with Crippen molar-refractivity contribution < 1.29 is 8.42 Å². The first-order chi connectivity index (χ1) is 5.97. The summed E-state index contributed by atoms with van der Waals surface area (Å²) < 4.78 is 26.0. The SMILES string of the molecule is CCN(CC(C)C#N)S(=O)(=O)NC. The van der Waals surface area contributed by atoms with Crippen LogP contribution in [0.15, 0.2) is 0 Å². The zero-order valence-corrected chi connectivity index (χ0v) is 8.93. The lowest BCUT2D eigenvalue weighted by Gasteiger charge is -2.20. The molecule has 5 nitrogen and oxygen atoms in total. The highest BCUT2D eigenvalue weighted by Gasteiger charge is 2.19. The molecule has 0 aliphatic rings. The number of nitrogens with zero attached hydrogens (tertiary/aromatic N) is 2. The Bertz CT molecular complexity index is 281. The largest absolute Gasteiger partial charge is 0.279 e. The van der Waals surface area contributed by atoms with E-state index in [1.165, 1.54) is 11.4 Å². The summed E-state index contributed by atoms with van der Waals surface area (Å²) in [5.74, 6) is -0.289. The van der Waals surface area contributed by atoms with Crippen LogP contribution in [0.25, 0.3) is 0 Å². The average molecular weight is 205 g/mol. The van der Waals surface area contributed by atoms with Crippen molar-refractivity contribution >= 4 is 10.2 Å². The summed E-state index contributed by atoms with van der Waals surface area (Å²) >= 11 is 0. The highest BCUT2D eigenvalue weighted by molar-refractivity contribution is 7.87. The standard InChI is InChI=1S/C7H15N3O2S/c1-4-10(6-7(2)5-8)13(11,12)9-3/h7,9H,4,6H2,1-3H3. The lowest BCUT2D eigenvalue weighted by Crippen LogP contribution is -2.40. The van der Waals surface area contributed by atoms with Gasteiger partial charge in [0.05, 0.1) is 12.0 Å². The monoisotopic (exact) mass is 205 g/mol. The molecular formula is C7H15N3O2S. The van der Waals surface area contributed by atoms with Gasteiger partial charge in [-0.15, -0.1) is 0 Å². The third-order valence-corrected chi connectivity index (χ3v) is 3.25. The molecule has 76 valence electrons. The fourth-order valence-electron chi connectivity index (χ4n) is 0.873. The molecule has 0 aliphatic carbocycles. The van der Waals surface area contributed by atoms with E-state index in [4.69, 9.17) is 5.26 Å². The second kappa shape index (κ2) is 5.17. The van der Waals surface area contributed by atoms with E-state index in [0.29, 0.717) is 6.54 Å². The molecule has 0 fully saturated rings. The zero-order valence-electron chi connectivity index (χ0n) is 8.11. The van der Waals surface area contributed by atoms with E-state index in [0.717, 1.165) is 0 Å². The molecule has 1 N–H and O–H groups in total. The van der Waals surface area contributed by atoms with Crippen LogP contribution < -0.4 is 4.72 Å². The average Bonchev–Trinajstić information content (AvgIpc) is 2.13. The molecule has 0 radical (unpaired) electrons. The van der Waals surface area contributed by atoms with Gasteiger partial charge in [-0.3, -0.25) is 0 Å². The third-order valence-electron chi connectivity index (χ3n) is 1.65. The number of nitriles is 1. The topological polar surface area (TPSA) is 73.2 Å². The first-order valence-electron chi connectivity index (χ1n) is 4.06. The van der Waals surface area contributed by atoms with Gasteiger partial charge in [-0.25, -0.2) is 4.72 Å². The number of hydrogen-bond donors (Lipinski definition) is 1. The maximum Gasteiger partial charge on any atom is 0.279 e. The summed E-state index contributed by atoms with van der Waals surface area (Å²) in [7, 11) is -2.03. The summed E-state index contributed by atoms with van der Waals surface area (Å²) in [6.07, 6.45) is 0. The fraction of sp³-hybridized carbons (Fsp3) is 0.857. The van der Waals surface area contributed by atoms with Gasteiger partial charge < -0.3 is 0 Å². The maximum atomic E-state index is 11.3. The van der Waals surface area contributed by atoms with Crippen molar-refractivity contribution in [3.8, 4) is 6.07 Å². The molecule has 0 aromatic carbocycles. The Labute approximate surface area is 79.5 Å². The molecule has 0 bridgehead atoms. The first kappa shape index (κ1) is 12.4. The summed E-state index contributed by atoms with van der Waals surface area (Å²) in [5, 5.41) is 8.53. The van der Waals surface area contributed by atoms with E-state index in [-0.39, 0.29) is 12.5 Å². The van der Waals surface area contributed by atoms with E-state index >= 15 is 0 Å². The minimum atomic E-state index is -3.38. The highest BCUT2D eigenvalue weighted by atomic mass is 32.2. The number of hydrogen-bond acceptors (Lipinski definition) is 3. The van der Waals surface area contributed by atoms with Gasteiger partial charge >= 0.3 is 0 Å². The smallest absolute Gasteiger partial charge is 0.205 e. The molecule has 6 heteroatoms. The van der Waals surface area contributed by atoms with Crippen LogP contribution in [-0.2, 0) is 10.2 Å². The molecular weight excluding hydrogens is 190 g/mol.